The lowest BCUT2D eigenvalue weighted by Crippen LogP contribution is -2.35. The molecule has 28 heavy (non-hydrogen) atoms. The molecule has 0 unspecified atom stereocenters. The van der Waals surface area contributed by atoms with Gasteiger partial charge in [0.1, 0.15) is 17.1 Å². The van der Waals surface area contributed by atoms with E-state index in [4.69, 9.17) is 0 Å². The van der Waals surface area contributed by atoms with E-state index in [2.05, 4.69) is 31.2 Å². The number of rotatable bonds is 10. The molecule has 2 aromatic rings. The van der Waals surface area contributed by atoms with Crippen LogP contribution in [0.25, 0.3) is 0 Å². The third-order valence-corrected chi connectivity index (χ3v) is 3.45. The number of pyridine rings is 2. The van der Waals surface area contributed by atoms with Gasteiger partial charge in [-0.25, -0.2) is 4.98 Å². The van der Waals surface area contributed by atoms with E-state index in [9.17, 15) is 19.2 Å². The first-order chi connectivity index (χ1) is 13.6. The van der Waals surface area contributed by atoms with Crippen molar-refractivity contribution >= 4 is 24.1 Å². The Labute approximate surface area is 161 Å². The molecular formula is C18H20N6O4. The summed E-state index contributed by atoms with van der Waals surface area (Å²) in [5, 5.41) is 10.2. The zero-order chi connectivity index (χ0) is 20.2. The van der Waals surface area contributed by atoms with Crippen LogP contribution < -0.4 is 21.3 Å². The molecule has 0 saturated heterocycles. The lowest BCUT2D eigenvalue weighted by molar-refractivity contribution is -0.109. The molecule has 0 aliphatic rings. The summed E-state index contributed by atoms with van der Waals surface area (Å²) in [5.41, 5.74) is 0.453. The minimum atomic E-state index is -0.468. The summed E-state index contributed by atoms with van der Waals surface area (Å²) in [6.45, 7) is 0.934. The van der Waals surface area contributed by atoms with E-state index in [-0.39, 0.29) is 42.6 Å². The molecule has 0 radical (unpaired) electrons. The molecule has 0 fully saturated rings. The highest BCUT2D eigenvalue weighted by atomic mass is 16.2. The van der Waals surface area contributed by atoms with E-state index >= 15 is 0 Å². The number of carbonyl (C=O) groups excluding carboxylic acids is 4. The monoisotopic (exact) mass is 384 g/mol. The second kappa shape index (κ2) is 11.0. The average molecular weight is 384 g/mol. The second-order valence-corrected chi connectivity index (χ2v) is 5.46. The number of nitrogens with zero attached hydrogens (tertiary/aromatic N) is 2. The summed E-state index contributed by atoms with van der Waals surface area (Å²) in [7, 11) is 0. The van der Waals surface area contributed by atoms with Crippen LogP contribution in [0, 0.1) is 0 Å². The average Bonchev–Trinajstić information content (AvgIpc) is 2.74. The van der Waals surface area contributed by atoms with Gasteiger partial charge >= 0.3 is 0 Å². The van der Waals surface area contributed by atoms with Gasteiger partial charge in [-0.3, -0.25) is 24.2 Å². The van der Waals surface area contributed by atoms with E-state index in [0.29, 0.717) is 13.0 Å². The first kappa shape index (κ1) is 20.5. The predicted molar refractivity (Wildman–Crippen MR) is 99.5 cm³/mol. The Balaban J connectivity index is 1.78. The van der Waals surface area contributed by atoms with Crippen LogP contribution in [0.4, 0.5) is 0 Å². The topological polar surface area (TPSA) is 142 Å². The maximum absolute atomic E-state index is 12.2. The molecule has 0 aliphatic heterocycles. The molecule has 0 saturated carbocycles. The van der Waals surface area contributed by atoms with Crippen molar-refractivity contribution in [2.24, 2.45) is 0 Å². The van der Waals surface area contributed by atoms with Crippen LogP contribution in [-0.2, 0) is 4.79 Å². The fraction of sp³-hybridized carbons (Fsp3) is 0.222. The van der Waals surface area contributed by atoms with E-state index in [0.717, 1.165) is 0 Å². The number of hydrogen-bond donors (Lipinski definition) is 4. The molecule has 0 bridgehead atoms. The zero-order valence-corrected chi connectivity index (χ0v) is 15.0. The van der Waals surface area contributed by atoms with Crippen LogP contribution in [0.1, 0.15) is 31.5 Å². The van der Waals surface area contributed by atoms with Gasteiger partial charge < -0.3 is 21.3 Å². The third-order valence-electron chi connectivity index (χ3n) is 3.45. The van der Waals surface area contributed by atoms with E-state index in [1.54, 1.807) is 24.3 Å². The van der Waals surface area contributed by atoms with Gasteiger partial charge in [0, 0.05) is 32.4 Å². The van der Waals surface area contributed by atoms with E-state index in [1.807, 2.05) is 0 Å². The van der Waals surface area contributed by atoms with Gasteiger partial charge in [0.2, 0.25) is 6.41 Å². The largest absolute Gasteiger partial charge is 0.357 e. The number of hydrogen-bond acceptors (Lipinski definition) is 6. The highest BCUT2D eigenvalue weighted by molar-refractivity contribution is 5.96. The Morgan fingerprint density at radius 2 is 1.29 bits per heavy atom. The summed E-state index contributed by atoms with van der Waals surface area (Å²) in [5.74, 6) is -1.26. The van der Waals surface area contributed by atoms with Crippen LogP contribution >= 0.6 is 0 Å². The van der Waals surface area contributed by atoms with Crippen molar-refractivity contribution in [2.75, 3.05) is 26.2 Å². The first-order valence-electron chi connectivity index (χ1n) is 8.51. The highest BCUT2D eigenvalue weighted by Crippen LogP contribution is 2.00. The summed E-state index contributed by atoms with van der Waals surface area (Å²) in [6, 6.07) is 9.50. The van der Waals surface area contributed by atoms with E-state index in [1.165, 1.54) is 18.3 Å². The molecule has 0 atom stereocenters. The summed E-state index contributed by atoms with van der Waals surface area (Å²) in [6.07, 6.45) is 2.05. The second-order valence-electron chi connectivity index (χ2n) is 5.46. The van der Waals surface area contributed by atoms with Gasteiger partial charge in [-0.05, 0) is 24.3 Å². The lowest BCUT2D eigenvalue weighted by atomic mass is 10.2. The van der Waals surface area contributed by atoms with Gasteiger partial charge in [0.05, 0.1) is 0 Å². The molecule has 0 aromatic carbocycles. The zero-order valence-electron chi connectivity index (χ0n) is 15.0. The van der Waals surface area contributed by atoms with E-state index < -0.39 is 11.8 Å². The summed E-state index contributed by atoms with van der Waals surface area (Å²) in [4.78, 5) is 54.1. The fourth-order valence-corrected chi connectivity index (χ4v) is 2.12. The number of aromatic nitrogens is 2. The maximum atomic E-state index is 12.2. The molecule has 0 aliphatic carbocycles. The Morgan fingerprint density at radius 1 is 0.750 bits per heavy atom. The van der Waals surface area contributed by atoms with Gasteiger partial charge in [-0.15, -0.1) is 0 Å². The maximum Gasteiger partial charge on any atom is 0.269 e. The van der Waals surface area contributed by atoms with Crippen LogP contribution in [0.3, 0.4) is 0 Å². The Kier molecular flexibility index (Phi) is 8.06. The van der Waals surface area contributed by atoms with Crippen molar-refractivity contribution in [1.29, 1.82) is 0 Å². The minimum absolute atomic E-state index is 0.0784. The molecule has 4 amide bonds. The predicted octanol–water partition coefficient (Wildman–Crippen LogP) is -0.888. The quantitative estimate of drug-likeness (QED) is 0.309. The number of carbonyl (C=O) groups is 4. The van der Waals surface area contributed by atoms with Gasteiger partial charge in [-0.2, -0.15) is 0 Å². The Hall–Kier alpha value is -3.82. The Bertz CT molecular complexity index is 828. The van der Waals surface area contributed by atoms with Crippen LogP contribution in [0.2, 0.25) is 0 Å². The summed E-state index contributed by atoms with van der Waals surface area (Å²) < 4.78 is 0. The van der Waals surface area contributed by atoms with Gasteiger partial charge in [0.15, 0.2) is 0 Å². The first-order valence-corrected chi connectivity index (χ1v) is 8.51. The van der Waals surface area contributed by atoms with Crippen LogP contribution in [0.15, 0.2) is 42.6 Å². The van der Waals surface area contributed by atoms with Crippen molar-refractivity contribution in [3.63, 3.8) is 0 Å². The van der Waals surface area contributed by atoms with Gasteiger partial charge in [0.25, 0.3) is 17.7 Å². The molecule has 10 heteroatoms. The molecule has 2 heterocycles. The molecule has 146 valence electrons. The van der Waals surface area contributed by atoms with Crippen LogP contribution in [-0.4, -0.2) is 60.3 Å². The van der Waals surface area contributed by atoms with Crippen LogP contribution in [0.5, 0.6) is 0 Å². The van der Waals surface area contributed by atoms with Crippen molar-refractivity contribution < 1.29 is 19.2 Å². The highest BCUT2D eigenvalue weighted by Gasteiger charge is 2.12. The normalized spacial score (nSPS) is 9.86. The molecular weight excluding hydrogens is 364 g/mol. The van der Waals surface area contributed by atoms with Gasteiger partial charge in [-0.1, -0.05) is 12.1 Å². The Morgan fingerprint density at radius 3 is 1.82 bits per heavy atom. The molecule has 10 nitrogen and oxygen atoms in total. The van der Waals surface area contributed by atoms with Crippen molar-refractivity contribution in [3.05, 3.63) is 59.7 Å². The smallest absolute Gasteiger partial charge is 0.269 e. The molecule has 2 aromatic heterocycles. The molecule has 4 N–H and O–H groups in total. The summed E-state index contributed by atoms with van der Waals surface area (Å²) >= 11 is 0. The van der Waals surface area contributed by atoms with Crippen molar-refractivity contribution in [2.45, 2.75) is 0 Å². The number of amides is 4. The lowest BCUT2D eigenvalue weighted by Gasteiger charge is -2.08. The third kappa shape index (κ3) is 6.48. The standard InChI is InChI=1S/C18H20N6O4/c25-12-19-8-9-21-17(27)14-5-3-6-15(24-14)18(28)23-11-10-22-16(26)13-4-1-2-7-20-13/h1-7,12H,8-11H2,(H,19,25)(H,21,27)(H,22,26)(H,23,28). The fourth-order valence-electron chi connectivity index (χ4n) is 2.12. The minimum Gasteiger partial charge on any atom is -0.357 e. The molecule has 0 spiro atoms. The number of nitrogens with one attached hydrogen (secondary N) is 4. The SMILES string of the molecule is O=CNCCNC(=O)c1cccc(C(=O)NCCNC(=O)c2ccccn2)n1. The van der Waals surface area contributed by atoms with Crippen molar-refractivity contribution in [3.8, 4) is 0 Å². The molecule has 2 rings (SSSR count). The van der Waals surface area contributed by atoms with Crippen molar-refractivity contribution in [1.82, 2.24) is 31.2 Å².